The zero-order valence-corrected chi connectivity index (χ0v) is 30.2. The summed E-state index contributed by atoms with van der Waals surface area (Å²) in [5.74, 6) is -2.29. The molecular formula is C35H40N5O8PSi. The first-order chi connectivity index (χ1) is 23.9. The number of aromatic nitrogens is 4. The molecule has 15 heteroatoms. The number of H-pyrrole nitrogens is 1. The maximum Gasteiger partial charge on any atom is 0.361 e. The van der Waals surface area contributed by atoms with Gasteiger partial charge in [0.25, 0.3) is 19.8 Å². The molecular weight excluding hydrogens is 677 g/mol. The number of rotatable bonds is 11. The summed E-state index contributed by atoms with van der Waals surface area (Å²) >= 11 is 0. The zero-order valence-electron chi connectivity index (χ0n) is 28.3. The standard InChI is InChI=1S/C35H40N5O8PSi/c1-35(2,3)50(24-17-11-7-12-18-24,25-19-13-8-14-20-25)48-26-21-27(47-29(26)33(43)49(44,45-4)46-5)40-22-36-28-30(40)37-34(39-32(28)42)38-31(41)23-15-9-6-10-16-23/h6-20,22,26-27,29,33,43H,21H2,1-5H3,(H2,37,38,39,41,42)/t26-,27+,29-,33-/m0/s1. The van der Waals surface area contributed by atoms with Crippen LogP contribution >= 0.6 is 7.60 Å². The van der Waals surface area contributed by atoms with Gasteiger partial charge in [-0.3, -0.25) is 29.0 Å². The highest BCUT2D eigenvalue weighted by Gasteiger charge is 2.57. The van der Waals surface area contributed by atoms with Crippen LogP contribution in [0.2, 0.25) is 5.04 Å². The van der Waals surface area contributed by atoms with Crippen LogP contribution in [0.5, 0.6) is 0 Å². The number of aliphatic hydroxyl groups is 1. The zero-order chi connectivity index (χ0) is 35.7. The van der Waals surface area contributed by atoms with Gasteiger partial charge < -0.3 is 23.3 Å². The molecule has 0 aliphatic carbocycles. The summed E-state index contributed by atoms with van der Waals surface area (Å²) in [4.78, 5) is 37.4. The molecule has 0 saturated carbocycles. The topological polar surface area (TPSA) is 167 Å². The SMILES string of the molecule is COP(=O)(OC)[C@H](O)[C@H]1O[C@@H](n2cnc3c(=O)[nH]c(NC(=O)c4ccccc4)nc32)C[C@@H]1O[Si](c1ccccc1)(c1ccccc1)C(C)(C)C. The largest absolute Gasteiger partial charge is 0.402 e. The van der Waals surface area contributed by atoms with Crippen molar-refractivity contribution in [3.63, 3.8) is 0 Å². The highest BCUT2D eigenvalue weighted by molar-refractivity contribution is 7.54. The molecule has 1 amide bonds. The fourth-order valence-corrected chi connectivity index (χ4v) is 12.5. The Hall–Kier alpha value is -4.27. The predicted octanol–water partition coefficient (Wildman–Crippen LogP) is 4.41. The van der Waals surface area contributed by atoms with Gasteiger partial charge in [0.1, 0.15) is 12.3 Å². The van der Waals surface area contributed by atoms with E-state index >= 15 is 0 Å². The lowest BCUT2D eigenvalue weighted by atomic mass is 10.2. The van der Waals surface area contributed by atoms with Gasteiger partial charge in [-0.25, -0.2) is 4.98 Å². The summed E-state index contributed by atoms with van der Waals surface area (Å²) in [5, 5.41) is 15.9. The summed E-state index contributed by atoms with van der Waals surface area (Å²) in [6.45, 7) is 6.37. The molecule has 3 N–H and O–H groups in total. The number of amides is 1. The first kappa shape index (κ1) is 35.5. The first-order valence-electron chi connectivity index (χ1n) is 16.1. The van der Waals surface area contributed by atoms with Crippen LogP contribution in [0.1, 0.15) is 43.8 Å². The summed E-state index contributed by atoms with van der Waals surface area (Å²) in [6.07, 6.45) is -1.40. The van der Waals surface area contributed by atoms with Crippen molar-refractivity contribution in [1.29, 1.82) is 0 Å². The van der Waals surface area contributed by atoms with Crippen molar-refractivity contribution in [3.05, 3.63) is 113 Å². The number of aliphatic hydroxyl groups excluding tert-OH is 1. The third-order valence-corrected chi connectivity index (χ3v) is 16.0. The highest BCUT2D eigenvalue weighted by Crippen LogP contribution is 2.55. The Kier molecular flexibility index (Phi) is 10.1. The molecule has 50 heavy (non-hydrogen) atoms. The smallest absolute Gasteiger partial charge is 0.361 e. The average molecular weight is 718 g/mol. The Balaban J connectivity index is 1.44. The van der Waals surface area contributed by atoms with Gasteiger partial charge in [0.15, 0.2) is 17.0 Å². The number of aromatic amines is 1. The van der Waals surface area contributed by atoms with Crippen molar-refractivity contribution in [2.75, 3.05) is 19.5 Å². The highest BCUT2D eigenvalue weighted by atomic mass is 31.2. The molecule has 1 aliphatic rings. The molecule has 1 fully saturated rings. The number of nitrogens with zero attached hydrogens (tertiary/aromatic N) is 3. The van der Waals surface area contributed by atoms with E-state index in [-0.39, 0.29) is 23.5 Å². The average Bonchev–Trinajstić information content (AvgIpc) is 3.75. The molecule has 6 rings (SSSR count). The number of carbonyl (C=O) groups excluding carboxylic acids is 1. The van der Waals surface area contributed by atoms with E-state index in [0.717, 1.165) is 10.4 Å². The number of imidazole rings is 1. The number of hydrogen-bond donors (Lipinski definition) is 3. The van der Waals surface area contributed by atoms with E-state index in [2.05, 4.69) is 41.0 Å². The van der Waals surface area contributed by atoms with Gasteiger partial charge in [-0.05, 0) is 27.5 Å². The molecule has 0 radical (unpaired) electrons. The van der Waals surface area contributed by atoms with Crippen LogP contribution in [-0.2, 0) is 22.8 Å². The molecule has 5 aromatic rings. The van der Waals surface area contributed by atoms with Crippen molar-refractivity contribution < 1.29 is 32.7 Å². The second-order valence-electron chi connectivity index (χ2n) is 13.0. The first-order valence-corrected chi connectivity index (χ1v) is 19.6. The van der Waals surface area contributed by atoms with E-state index < -0.39 is 56.7 Å². The van der Waals surface area contributed by atoms with Crippen LogP contribution in [-0.4, -0.2) is 71.1 Å². The predicted molar refractivity (Wildman–Crippen MR) is 191 cm³/mol. The lowest BCUT2D eigenvalue weighted by Gasteiger charge is -2.45. The van der Waals surface area contributed by atoms with Crippen molar-refractivity contribution in [3.8, 4) is 0 Å². The molecule has 4 atom stereocenters. The minimum atomic E-state index is -4.10. The number of fused-ring (bicyclic) bond motifs is 1. The Morgan fingerprint density at radius 2 is 1.56 bits per heavy atom. The Morgan fingerprint density at radius 3 is 2.10 bits per heavy atom. The summed E-state index contributed by atoms with van der Waals surface area (Å²) < 4.78 is 39.5. The second kappa shape index (κ2) is 14.2. The third-order valence-electron chi connectivity index (χ3n) is 9.00. The fraction of sp³-hybridized carbons (Fsp3) is 0.314. The molecule has 262 valence electrons. The second-order valence-corrected chi connectivity index (χ2v) is 19.6. The maximum absolute atomic E-state index is 13.7. The third kappa shape index (κ3) is 6.51. The Bertz CT molecular complexity index is 2010. The number of ether oxygens (including phenoxy) is 1. The van der Waals surface area contributed by atoms with E-state index in [0.29, 0.717) is 5.56 Å². The molecule has 3 aromatic carbocycles. The maximum atomic E-state index is 13.7. The van der Waals surface area contributed by atoms with Crippen molar-refractivity contribution in [1.82, 2.24) is 19.5 Å². The summed E-state index contributed by atoms with van der Waals surface area (Å²) in [6, 6.07) is 28.4. The van der Waals surface area contributed by atoms with E-state index in [1.165, 1.54) is 20.5 Å². The summed E-state index contributed by atoms with van der Waals surface area (Å²) in [7, 11) is -4.93. The van der Waals surface area contributed by atoms with Gasteiger partial charge in [-0.15, -0.1) is 0 Å². The molecule has 3 heterocycles. The van der Waals surface area contributed by atoms with Crippen LogP contribution in [0.15, 0.2) is 102 Å². The van der Waals surface area contributed by atoms with Crippen LogP contribution < -0.4 is 21.2 Å². The lowest BCUT2D eigenvalue weighted by molar-refractivity contribution is -0.0610. The number of anilines is 1. The van der Waals surface area contributed by atoms with E-state index in [4.69, 9.17) is 18.2 Å². The minimum Gasteiger partial charge on any atom is -0.402 e. The van der Waals surface area contributed by atoms with Gasteiger partial charge >= 0.3 is 7.60 Å². The normalized spacial score (nSPS) is 19.0. The summed E-state index contributed by atoms with van der Waals surface area (Å²) in [5.41, 5.74) is -0.0545. The van der Waals surface area contributed by atoms with Gasteiger partial charge in [-0.1, -0.05) is 99.6 Å². The molecule has 2 aromatic heterocycles. The molecule has 0 unspecified atom stereocenters. The van der Waals surface area contributed by atoms with Gasteiger partial charge in [0, 0.05) is 26.2 Å². The number of hydrogen-bond acceptors (Lipinski definition) is 10. The van der Waals surface area contributed by atoms with Crippen molar-refractivity contribution >= 4 is 49.3 Å². The van der Waals surface area contributed by atoms with Gasteiger partial charge in [0.05, 0.1) is 12.4 Å². The number of carbonyl (C=O) groups is 1. The fourth-order valence-electron chi connectivity index (χ4n) is 6.57. The van der Waals surface area contributed by atoms with E-state index in [1.807, 2.05) is 60.7 Å². The quantitative estimate of drug-likeness (QED) is 0.132. The van der Waals surface area contributed by atoms with Gasteiger partial charge in [0.2, 0.25) is 5.95 Å². The Labute approximate surface area is 290 Å². The van der Waals surface area contributed by atoms with Crippen LogP contribution in [0.25, 0.3) is 11.2 Å². The lowest BCUT2D eigenvalue weighted by Crippen LogP contribution is -2.68. The molecule has 0 bridgehead atoms. The van der Waals surface area contributed by atoms with Crippen molar-refractivity contribution in [2.24, 2.45) is 0 Å². The van der Waals surface area contributed by atoms with Crippen LogP contribution in [0, 0.1) is 0 Å². The molecule has 1 saturated heterocycles. The molecule has 1 aliphatic heterocycles. The Morgan fingerprint density at radius 1 is 1.00 bits per heavy atom. The van der Waals surface area contributed by atoms with Crippen molar-refractivity contribution in [2.45, 2.75) is 56.5 Å². The van der Waals surface area contributed by atoms with Gasteiger partial charge in [-0.2, -0.15) is 4.98 Å². The van der Waals surface area contributed by atoms with E-state index in [1.54, 1.807) is 34.9 Å². The molecule has 13 nitrogen and oxygen atoms in total. The number of nitrogens with one attached hydrogen (secondary N) is 2. The molecule has 0 spiro atoms. The van der Waals surface area contributed by atoms with E-state index in [9.17, 15) is 19.3 Å². The minimum absolute atomic E-state index is 0.0132. The van der Waals surface area contributed by atoms with Crippen LogP contribution in [0.3, 0.4) is 0 Å². The van der Waals surface area contributed by atoms with Crippen LogP contribution in [0.4, 0.5) is 5.95 Å². The number of benzene rings is 3. The monoisotopic (exact) mass is 717 g/mol.